The van der Waals surface area contributed by atoms with Gasteiger partial charge in [0.2, 0.25) is 0 Å². The van der Waals surface area contributed by atoms with E-state index in [0.29, 0.717) is 5.02 Å². The topological polar surface area (TPSA) is 41.6 Å². The van der Waals surface area contributed by atoms with E-state index >= 15 is 0 Å². The molecule has 4 nitrogen and oxygen atoms in total. The van der Waals surface area contributed by atoms with Crippen molar-refractivity contribution >= 4 is 23.2 Å². The van der Waals surface area contributed by atoms with Crippen LogP contribution in [0.5, 0.6) is 5.75 Å². The van der Waals surface area contributed by atoms with Crippen molar-refractivity contribution in [3.05, 3.63) is 106 Å². The number of nitrogens with one attached hydrogen (secondary N) is 1. The molecule has 1 aliphatic rings. The zero-order chi connectivity index (χ0) is 20.4. The summed E-state index contributed by atoms with van der Waals surface area (Å²) in [6.07, 6.45) is 1.90. The van der Waals surface area contributed by atoms with E-state index in [4.69, 9.17) is 16.3 Å². The Balaban J connectivity index is 1.75. The molecule has 1 aliphatic heterocycles. The third kappa shape index (κ3) is 3.69. The molecule has 0 saturated carbocycles. The van der Waals surface area contributed by atoms with Crippen LogP contribution < -0.4 is 10.2 Å². The first-order chi connectivity index (χ1) is 14.1. The van der Waals surface area contributed by atoms with Gasteiger partial charge in [-0.15, -0.1) is 0 Å². The smallest absolute Gasteiger partial charge is 0.276 e. The molecule has 3 aromatic rings. The van der Waals surface area contributed by atoms with Gasteiger partial charge in [0.15, 0.2) is 0 Å². The van der Waals surface area contributed by atoms with E-state index in [9.17, 15) is 9.18 Å². The maximum atomic E-state index is 14.3. The summed E-state index contributed by atoms with van der Waals surface area (Å²) in [5.74, 6) is -0.322. The molecule has 29 heavy (non-hydrogen) atoms. The summed E-state index contributed by atoms with van der Waals surface area (Å²) in [5, 5.41) is 1.93. The molecule has 146 valence electrons. The number of halogens is 2. The van der Waals surface area contributed by atoms with E-state index in [0.717, 1.165) is 22.6 Å². The van der Waals surface area contributed by atoms with Crippen molar-refractivity contribution in [2.45, 2.75) is 6.04 Å². The SMILES string of the molecule is COc1ccc(C2=C[C@@H](c3ccccc3Cl)N(C(=O)c3ccccc3F)N2)cc1. The summed E-state index contributed by atoms with van der Waals surface area (Å²) in [4.78, 5) is 13.2. The van der Waals surface area contributed by atoms with E-state index < -0.39 is 17.8 Å². The molecule has 0 aromatic heterocycles. The maximum absolute atomic E-state index is 14.3. The molecule has 3 aromatic carbocycles. The highest BCUT2D eigenvalue weighted by atomic mass is 35.5. The van der Waals surface area contributed by atoms with Crippen LogP contribution in [0.15, 0.2) is 78.9 Å². The molecule has 0 bridgehead atoms. The summed E-state index contributed by atoms with van der Waals surface area (Å²) < 4.78 is 19.5. The Hall–Kier alpha value is -3.31. The molecule has 1 N–H and O–H groups in total. The zero-order valence-electron chi connectivity index (χ0n) is 15.6. The molecule has 6 heteroatoms. The van der Waals surface area contributed by atoms with Crippen molar-refractivity contribution < 1.29 is 13.9 Å². The molecule has 0 fully saturated rings. The number of rotatable bonds is 4. The Morgan fingerprint density at radius 3 is 2.41 bits per heavy atom. The lowest BCUT2D eigenvalue weighted by molar-refractivity contribution is 0.0668. The number of hydrogen-bond donors (Lipinski definition) is 1. The second-order valence-corrected chi connectivity index (χ2v) is 6.95. The molecular formula is C23H18ClFN2O2. The lowest BCUT2D eigenvalue weighted by Gasteiger charge is -2.26. The van der Waals surface area contributed by atoms with Crippen molar-refractivity contribution in [1.82, 2.24) is 10.4 Å². The van der Waals surface area contributed by atoms with Gasteiger partial charge in [0.25, 0.3) is 5.91 Å². The Labute approximate surface area is 173 Å². The van der Waals surface area contributed by atoms with Gasteiger partial charge in [-0.3, -0.25) is 10.2 Å². The number of methoxy groups -OCH3 is 1. The van der Waals surface area contributed by atoms with Gasteiger partial charge in [-0.1, -0.05) is 41.9 Å². The van der Waals surface area contributed by atoms with Crippen molar-refractivity contribution in [2.75, 3.05) is 7.11 Å². The van der Waals surface area contributed by atoms with E-state index in [1.54, 1.807) is 25.3 Å². The molecule has 0 spiro atoms. The minimum atomic E-state index is -0.574. The Bertz CT molecular complexity index is 1080. The van der Waals surface area contributed by atoms with Crippen molar-refractivity contribution in [3.63, 3.8) is 0 Å². The van der Waals surface area contributed by atoms with E-state index in [-0.39, 0.29) is 5.56 Å². The highest BCUT2D eigenvalue weighted by Crippen LogP contribution is 2.36. The van der Waals surface area contributed by atoms with Gasteiger partial charge in [0.1, 0.15) is 17.6 Å². The maximum Gasteiger partial charge on any atom is 0.276 e. The number of nitrogens with zero attached hydrogens (tertiary/aromatic N) is 1. The highest BCUT2D eigenvalue weighted by molar-refractivity contribution is 6.31. The first-order valence-corrected chi connectivity index (χ1v) is 9.41. The molecule has 0 radical (unpaired) electrons. The largest absolute Gasteiger partial charge is 0.497 e. The Kier molecular flexibility index (Phi) is 5.23. The zero-order valence-corrected chi connectivity index (χ0v) is 16.4. The van der Waals surface area contributed by atoms with Gasteiger partial charge < -0.3 is 4.74 Å². The number of carbonyl (C=O) groups is 1. The minimum absolute atomic E-state index is 0.0126. The molecule has 4 rings (SSSR count). The number of hydrogen-bond acceptors (Lipinski definition) is 3. The van der Waals surface area contributed by atoms with Gasteiger partial charge in [-0.25, -0.2) is 9.40 Å². The van der Waals surface area contributed by atoms with Crippen LogP contribution in [0.25, 0.3) is 5.70 Å². The molecule has 0 unspecified atom stereocenters. The van der Waals surface area contributed by atoms with Crippen LogP contribution in [0.4, 0.5) is 4.39 Å². The third-order valence-electron chi connectivity index (χ3n) is 4.79. The van der Waals surface area contributed by atoms with Crippen molar-refractivity contribution in [2.24, 2.45) is 0 Å². The summed E-state index contributed by atoms with van der Waals surface area (Å²) in [7, 11) is 1.60. The molecule has 1 heterocycles. The van der Waals surface area contributed by atoms with E-state index in [1.165, 1.54) is 17.1 Å². The predicted molar refractivity (Wildman–Crippen MR) is 111 cm³/mol. The van der Waals surface area contributed by atoms with Crippen LogP contribution in [0.1, 0.15) is 27.5 Å². The Morgan fingerprint density at radius 1 is 1.03 bits per heavy atom. The Morgan fingerprint density at radius 2 is 1.72 bits per heavy atom. The fourth-order valence-electron chi connectivity index (χ4n) is 3.29. The van der Waals surface area contributed by atoms with Crippen LogP contribution >= 0.6 is 11.6 Å². The van der Waals surface area contributed by atoms with E-state index in [2.05, 4.69) is 5.43 Å². The monoisotopic (exact) mass is 408 g/mol. The lowest BCUT2D eigenvalue weighted by Crippen LogP contribution is -2.40. The van der Waals surface area contributed by atoms with Crippen LogP contribution in [0, 0.1) is 5.82 Å². The van der Waals surface area contributed by atoms with Crippen LogP contribution in [-0.2, 0) is 0 Å². The standard InChI is InChI=1S/C23H18ClFN2O2/c1-29-16-12-10-15(11-13-16)21-14-22(17-6-2-4-8-19(17)24)27(26-21)23(28)18-7-3-5-9-20(18)25/h2-14,22,26H,1H3/t22-/m0/s1. The number of carbonyl (C=O) groups excluding carboxylic acids is 1. The van der Waals surface area contributed by atoms with Gasteiger partial charge in [-0.2, -0.15) is 0 Å². The number of benzene rings is 3. The molecule has 1 atom stereocenters. The van der Waals surface area contributed by atoms with E-state index in [1.807, 2.05) is 48.5 Å². The quantitative estimate of drug-likeness (QED) is 0.642. The van der Waals surface area contributed by atoms with Gasteiger partial charge >= 0.3 is 0 Å². The fraction of sp³-hybridized carbons (Fsp3) is 0.0870. The predicted octanol–water partition coefficient (Wildman–Crippen LogP) is 5.23. The fourth-order valence-corrected chi connectivity index (χ4v) is 3.53. The molecule has 0 aliphatic carbocycles. The van der Waals surface area contributed by atoms with Crippen molar-refractivity contribution in [3.8, 4) is 5.75 Å². The van der Waals surface area contributed by atoms with Crippen LogP contribution in [0.3, 0.4) is 0 Å². The summed E-state index contributed by atoms with van der Waals surface area (Å²) in [6, 6.07) is 20.2. The molecule has 0 saturated heterocycles. The van der Waals surface area contributed by atoms with Crippen molar-refractivity contribution in [1.29, 1.82) is 0 Å². The van der Waals surface area contributed by atoms with Crippen LogP contribution in [-0.4, -0.2) is 18.0 Å². The summed E-state index contributed by atoms with van der Waals surface area (Å²) in [6.45, 7) is 0. The second kappa shape index (κ2) is 7.97. The lowest BCUT2D eigenvalue weighted by atomic mass is 10.0. The van der Waals surface area contributed by atoms with Gasteiger partial charge in [-0.05, 0) is 59.7 Å². The summed E-state index contributed by atoms with van der Waals surface area (Å²) in [5.41, 5.74) is 5.45. The average Bonchev–Trinajstić information content (AvgIpc) is 3.19. The first-order valence-electron chi connectivity index (χ1n) is 9.04. The summed E-state index contributed by atoms with van der Waals surface area (Å²) >= 11 is 6.40. The molecular weight excluding hydrogens is 391 g/mol. The number of hydrazine groups is 1. The number of ether oxygens (including phenoxy) is 1. The van der Waals surface area contributed by atoms with Gasteiger partial charge in [0, 0.05) is 5.02 Å². The highest BCUT2D eigenvalue weighted by Gasteiger charge is 2.33. The second-order valence-electron chi connectivity index (χ2n) is 6.54. The van der Waals surface area contributed by atoms with Crippen LogP contribution in [0.2, 0.25) is 5.02 Å². The third-order valence-corrected chi connectivity index (χ3v) is 5.14. The minimum Gasteiger partial charge on any atom is -0.497 e. The average molecular weight is 409 g/mol. The van der Waals surface area contributed by atoms with Gasteiger partial charge in [0.05, 0.1) is 18.4 Å². The normalized spacial score (nSPS) is 15.6. The first kappa shape index (κ1) is 19.0. The molecule has 1 amide bonds. The number of amides is 1.